The van der Waals surface area contributed by atoms with Gasteiger partial charge in [-0.3, -0.25) is 4.79 Å². The number of benzene rings is 2. The molecular formula is C28H30N4O2. The number of nitrogen functional groups attached to an aromatic ring is 1. The van der Waals surface area contributed by atoms with E-state index in [1.54, 1.807) is 0 Å². The predicted molar refractivity (Wildman–Crippen MR) is 135 cm³/mol. The molecule has 0 radical (unpaired) electrons. The zero-order valence-corrected chi connectivity index (χ0v) is 19.2. The van der Waals surface area contributed by atoms with Crippen LogP contribution in [0.3, 0.4) is 0 Å². The van der Waals surface area contributed by atoms with Crippen molar-refractivity contribution in [1.29, 1.82) is 0 Å². The molecule has 6 heteroatoms. The van der Waals surface area contributed by atoms with E-state index in [0.29, 0.717) is 5.82 Å². The topological polar surface area (TPSA) is 90.1 Å². The van der Waals surface area contributed by atoms with Crippen molar-refractivity contribution in [3.8, 4) is 22.6 Å². The molecule has 0 bridgehead atoms. The number of hydrogen-bond acceptors (Lipinski definition) is 6. The molecule has 2 aliphatic carbocycles. The van der Waals surface area contributed by atoms with Crippen LogP contribution in [0.25, 0.3) is 11.1 Å². The lowest BCUT2D eigenvalue weighted by Gasteiger charge is -2.52. The summed E-state index contributed by atoms with van der Waals surface area (Å²) < 4.78 is 5.92. The number of rotatable bonds is 7. The molecule has 2 aliphatic rings. The highest BCUT2D eigenvalue weighted by Crippen LogP contribution is 2.55. The van der Waals surface area contributed by atoms with Crippen molar-refractivity contribution in [2.75, 3.05) is 11.1 Å². The summed E-state index contributed by atoms with van der Waals surface area (Å²) >= 11 is 0. The first-order valence-electron chi connectivity index (χ1n) is 11.9. The minimum absolute atomic E-state index is 0.0936. The Morgan fingerprint density at radius 1 is 1.06 bits per heavy atom. The molecule has 2 fully saturated rings. The van der Waals surface area contributed by atoms with Gasteiger partial charge in [0.2, 0.25) is 0 Å². The Labute approximate surface area is 200 Å². The van der Waals surface area contributed by atoms with Gasteiger partial charge in [-0.15, -0.1) is 0 Å². The highest BCUT2D eigenvalue weighted by atomic mass is 16.5. The van der Waals surface area contributed by atoms with Gasteiger partial charge in [-0.1, -0.05) is 43.3 Å². The molecule has 3 N–H and O–H groups in total. The van der Waals surface area contributed by atoms with Crippen LogP contribution in [0.15, 0.2) is 73.6 Å². The third-order valence-corrected chi connectivity index (χ3v) is 7.43. The van der Waals surface area contributed by atoms with Gasteiger partial charge in [0.25, 0.3) is 0 Å². The van der Waals surface area contributed by atoms with Crippen molar-refractivity contribution >= 4 is 17.4 Å². The summed E-state index contributed by atoms with van der Waals surface area (Å²) in [5.41, 5.74) is 8.12. The summed E-state index contributed by atoms with van der Waals surface area (Å²) in [6.07, 6.45) is 9.17. The van der Waals surface area contributed by atoms with Crippen molar-refractivity contribution < 1.29 is 9.53 Å². The molecule has 2 saturated carbocycles. The predicted octanol–water partition coefficient (Wildman–Crippen LogP) is 6.02. The average Bonchev–Trinajstić information content (AvgIpc) is 2.84. The fraction of sp³-hybridized carbons (Fsp3) is 0.321. The normalized spacial score (nSPS) is 20.8. The van der Waals surface area contributed by atoms with Gasteiger partial charge in [0.15, 0.2) is 5.78 Å². The lowest BCUT2D eigenvalue weighted by molar-refractivity contribution is -0.128. The quantitative estimate of drug-likeness (QED) is 0.424. The summed E-state index contributed by atoms with van der Waals surface area (Å²) in [6, 6.07) is 17.7. The Bertz CT molecular complexity index is 1170. The molecular weight excluding hydrogens is 424 g/mol. The van der Waals surface area contributed by atoms with Gasteiger partial charge in [0.05, 0.1) is 5.56 Å². The molecule has 0 saturated heterocycles. The van der Waals surface area contributed by atoms with E-state index in [9.17, 15) is 4.79 Å². The number of para-hydroxylation sites is 1. The number of nitrogens with one attached hydrogen (secondary N) is 1. The van der Waals surface area contributed by atoms with Gasteiger partial charge in [0.1, 0.15) is 29.5 Å². The highest BCUT2D eigenvalue weighted by Gasteiger charge is 2.50. The molecule has 1 spiro atoms. The van der Waals surface area contributed by atoms with Gasteiger partial charge in [-0.05, 0) is 73.4 Å². The van der Waals surface area contributed by atoms with Gasteiger partial charge in [0, 0.05) is 12.0 Å². The maximum absolute atomic E-state index is 12.5. The molecule has 2 unspecified atom stereocenters. The van der Waals surface area contributed by atoms with Crippen LogP contribution in [0.5, 0.6) is 11.5 Å². The Balaban J connectivity index is 1.35. The molecule has 1 heterocycles. The number of aromatic nitrogens is 2. The Hall–Kier alpha value is -3.67. The van der Waals surface area contributed by atoms with E-state index in [0.717, 1.165) is 60.5 Å². The monoisotopic (exact) mass is 454 g/mol. The van der Waals surface area contributed by atoms with E-state index in [4.69, 9.17) is 10.5 Å². The van der Waals surface area contributed by atoms with E-state index in [2.05, 4.69) is 21.9 Å². The molecule has 3 aromatic rings. The number of hydrogen-bond donors (Lipinski definition) is 2. The number of carbonyl (C=O) groups excluding carboxylic acids is 1. The zero-order chi connectivity index (χ0) is 23.5. The number of carbonyl (C=O) groups is 1. The van der Waals surface area contributed by atoms with Gasteiger partial charge < -0.3 is 15.8 Å². The van der Waals surface area contributed by atoms with E-state index in [1.165, 1.54) is 18.8 Å². The largest absolute Gasteiger partial charge is 0.457 e. The summed E-state index contributed by atoms with van der Waals surface area (Å²) in [4.78, 5) is 21.3. The van der Waals surface area contributed by atoms with Gasteiger partial charge in [-0.25, -0.2) is 9.97 Å². The van der Waals surface area contributed by atoms with Crippen molar-refractivity contribution in [2.24, 2.45) is 11.3 Å². The molecule has 5 rings (SSSR count). The molecule has 0 aliphatic heterocycles. The fourth-order valence-corrected chi connectivity index (χ4v) is 5.60. The first-order chi connectivity index (χ1) is 16.6. The number of nitrogens with two attached hydrogens (primary N) is 1. The zero-order valence-electron chi connectivity index (χ0n) is 19.2. The van der Waals surface area contributed by atoms with Gasteiger partial charge >= 0.3 is 0 Å². The number of ketones is 1. The van der Waals surface area contributed by atoms with Crippen LogP contribution in [0, 0.1) is 11.3 Å². The maximum Gasteiger partial charge on any atom is 0.158 e. The number of allylic oxidation sites excluding steroid dienone is 1. The lowest BCUT2D eigenvalue weighted by Crippen LogP contribution is -2.48. The van der Waals surface area contributed by atoms with Crippen LogP contribution in [-0.2, 0) is 4.79 Å². The molecule has 1 aromatic heterocycles. The second-order valence-electron chi connectivity index (χ2n) is 9.42. The van der Waals surface area contributed by atoms with Crippen LogP contribution < -0.4 is 15.8 Å². The Kier molecular flexibility index (Phi) is 6.05. The standard InChI is InChI=1S/C28H30N4O2/c1-2-24(33)23-14-11-20(17-28(23)15-6-16-28)32-27-25(26(29)30-18-31-27)19-9-12-22(13-10-19)34-21-7-4-3-5-8-21/h2-5,7-10,12-13,18,20,23H,1,6,11,14-17H2,(H3,29,30,31,32). The van der Waals surface area contributed by atoms with Crippen LogP contribution in [-0.4, -0.2) is 21.8 Å². The van der Waals surface area contributed by atoms with Crippen molar-refractivity contribution in [3.05, 3.63) is 73.6 Å². The van der Waals surface area contributed by atoms with Crippen molar-refractivity contribution in [1.82, 2.24) is 9.97 Å². The number of anilines is 2. The Morgan fingerprint density at radius 2 is 1.79 bits per heavy atom. The molecule has 6 nitrogen and oxygen atoms in total. The van der Waals surface area contributed by atoms with Crippen LogP contribution >= 0.6 is 0 Å². The molecule has 2 atom stereocenters. The summed E-state index contributed by atoms with van der Waals surface area (Å²) in [7, 11) is 0. The molecule has 2 aromatic carbocycles. The third kappa shape index (κ3) is 4.28. The van der Waals surface area contributed by atoms with Gasteiger partial charge in [-0.2, -0.15) is 0 Å². The second kappa shape index (κ2) is 9.29. The molecule has 34 heavy (non-hydrogen) atoms. The smallest absolute Gasteiger partial charge is 0.158 e. The van der Waals surface area contributed by atoms with Crippen molar-refractivity contribution in [3.63, 3.8) is 0 Å². The van der Waals surface area contributed by atoms with Crippen LogP contribution in [0.4, 0.5) is 11.6 Å². The second-order valence-corrected chi connectivity index (χ2v) is 9.42. The summed E-state index contributed by atoms with van der Waals surface area (Å²) in [5, 5.41) is 3.64. The molecule has 174 valence electrons. The van der Waals surface area contributed by atoms with E-state index in [1.807, 2.05) is 54.6 Å². The average molecular weight is 455 g/mol. The maximum atomic E-state index is 12.5. The highest BCUT2D eigenvalue weighted by molar-refractivity contribution is 5.92. The summed E-state index contributed by atoms with van der Waals surface area (Å²) in [5.74, 6) is 3.00. The van der Waals surface area contributed by atoms with E-state index >= 15 is 0 Å². The third-order valence-electron chi connectivity index (χ3n) is 7.43. The SMILES string of the molecule is C=CC(=O)C1CCC(Nc2ncnc(N)c2-c2ccc(Oc3ccccc3)cc2)CC12CCC2. The minimum atomic E-state index is 0.0936. The van der Waals surface area contributed by atoms with Crippen LogP contribution in [0.2, 0.25) is 0 Å². The van der Waals surface area contributed by atoms with E-state index in [-0.39, 0.29) is 23.2 Å². The fourth-order valence-electron chi connectivity index (χ4n) is 5.60. The van der Waals surface area contributed by atoms with E-state index < -0.39 is 0 Å². The summed E-state index contributed by atoms with van der Waals surface area (Å²) in [6.45, 7) is 3.73. The first kappa shape index (κ1) is 22.1. The van der Waals surface area contributed by atoms with Crippen LogP contribution in [0.1, 0.15) is 38.5 Å². The number of ether oxygens (including phenoxy) is 1. The Morgan fingerprint density at radius 3 is 2.47 bits per heavy atom. The number of nitrogens with zero attached hydrogens (tertiary/aromatic N) is 2. The molecule has 0 amide bonds. The minimum Gasteiger partial charge on any atom is -0.457 e. The lowest BCUT2D eigenvalue weighted by atomic mass is 9.53. The van der Waals surface area contributed by atoms with Crippen molar-refractivity contribution in [2.45, 2.75) is 44.6 Å². The first-order valence-corrected chi connectivity index (χ1v) is 11.9.